The molecule has 4 rings (SSSR count). The second-order valence-electron chi connectivity index (χ2n) is 7.88. The summed E-state index contributed by atoms with van der Waals surface area (Å²) in [5.74, 6) is 0.478. The van der Waals surface area contributed by atoms with Gasteiger partial charge in [-0.25, -0.2) is 9.97 Å². The van der Waals surface area contributed by atoms with Crippen molar-refractivity contribution in [1.29, 1.82) is 0 Å². The molecule has 13 heteroatoms. The third-order valence-corrected chi connectivity index (χ3v) is 6.54. The van der Waals surface area contributed by atoms with Gasteiger partial charge in [-0.1, -0.05) is 18.2 Å². The number of thiazole rings is 1. The summed E-state index contributed by atoms with van der Waals surface area (Å²) in [4.78, 5) is 41.4. The number of amides is 2. The van der Waals surface area contributed by atoms with Crippen molar-refractivity contribution < 1.29 is 14.3 Å². The molecule has 0 unspecified atom stereocenters. The number of nitrogens with zero attached hydrogens (tertiary/aromatic N) is 5. The molecule has 3 N–H and O–H groups in total. The van der Waals surface area contributed by atoms with Crippen molar-refractivity contribution in [3.8, 4) is 0 Å². The third-order valence-electron chi connectivity index (χ3n) is 5.52. The van der Waals surface area contributed by atoms with E-state index in [1.165, 1.54) is 23.6 Å². The molecular formula is C21H27ClN8O3S. The van der Waals surface area contributed by atoms with Crippen LogP contribution in [0.15, 0.2) is 24.2 Å². The maximum absolute atomic E-state index is 12.4. The molecule has 182 valence electrons. The minimum absolute atomic E-state index is 0.00350. The lowest BCUT2D eigenvalue weighted by Gasteiger charge is -2.26. The second kappa shape index (κ2) is 11.6. The number of nitrogens with one attached hydrogen (secondary N) is 3. The quantitative estimate of drug-likeness (QED) is 0.431. The van der Waals surface area contributed by atoms with Crippen LogP contribution in [-0.2, 0) is 9.53 Å². The summed E-state index contributed by atoms with van der Waals surface area (Å²) in [6.07, 6.45) is 3.56. The molecule has 2 saturated heterocycles. The molecule has 2 aliphatic heterocycles. The summed E-state index contributed by atoms with van der Waals surface area (Å²) >= 11 is 7.63. The highest BCUT2D eigenvalue weighted by atomic mass is 35.5. The van der Waals surface area contributed by atoms with Crippen molar-refractivity contribution in [3.63, 3.8) is 0 Å². The van der Waals surface area contributed by atoms with Crippen LogP contribution in [0.5, 0.6) is 0 Å². The molecule has 11 nitrogen and oxygen atoms in total. The number of hydrogen-bond donors (Lipinski definition) is 3. The average molecular weight is 507 g/mol. The SMILES string of the molecule is C=CC(=O)N[C@@H]1CCN(c2nc(Nc3nc(C(=O)NCCN4CCOCC4)cs3)ncc2Cl)C1. The first-order valence-corrected chi connectivity index (χ1v) is 12.3. The Kier molecular flexibility index (Phi) is 8.27. The van der Waals surface area contributed by atoms with Crippen LogP contribution in [0.2, 0.25) is 5.02 Å². The smallest absolute Gasteiger partial charge is 0.270 e. The molecule has 2 aromatic rings. The summed E-state index contributed by atoms with van der Waals surface area (Å²) < 4.78 is 5.33. The van der Waals surface area contributed by atoms with Gasteiger partial charge in [0, 0.05) is 50.7 Å². The van der Waals surface area contributed by atoms with Gasteiger partial charge in [-0.05, 0) is 12.5 Å². The first kappa shape index (κ1) is 24.3. The van der Waals surface area contributed by atoms with Crippen LogP contribution >= 0.6 is 22.9 Å². The lowest BCUT2D eigenvalue weighted by Crippen LogP contribution is -2.41. The Morgan fingerprint density at radius 2 is 2.12 bits per heavy atom. The highest BCUT2D eigenvalue weighted by Gasteiger charge is 2.26. The molecule has 0 radical (unpaired) electrons. The number of morpholine rings is 1. The monoisotopic (exact) mass is 506 g/mol. The molecule has 4 heterocycles. The zero-order valence-corrected chi connectivity index (χ0v) is 20.2. The molecule has 0 spiro atoms. The van der Waals surface area contributed by atoms with Crippen molar-refractivity contribution >= 4 is 51.6 Å². The van der Waals surface area contributed by atoms with Crippen molar-refractivity contribution in [1.82, 2.24) is 30.5 Å². The van der Waals surface area contributed by atoms with Gasteiger partial charge >= 0.3 is 0 Å². The van der Waals surface area contributed by atoms with Gasteiger partial charge in [0.05, 0.1) is 19.4 Å². The van der Waals surface area contributed by atoms with Gasteiger partial charge in [0.25, 0.3) is 5.91 Å². The maximum Gasteiger partial charge on any atom is 0.270 e. The molecule has 34 heavy (non-hydrogen) atoms. The topological polar surface area (TPSA) is 125 Å². The molecule has 1 atom stereocenters. The van der Waals surface area contributed by atoms with E-state index in [2.05, 4.69) is 42.4 Å². The normalized spacial score (nSPS) is 18.5. The van der Waals surface area contributed by atoms with Crippen molar-refractivity contribution in [2.75, 3.05) is 62.7 Å². The molecule has 2 fully saturated rings. The second-order valence-corrected chi connectivity index (χ2v) is 9.15. The fourth-order valence-corrected chi connectivity index (χ4v) is 4.64. The number of halogens is 1. The van der Waals surface area contributed by atoms with Crippen LogP contribution < -0.4 is 20.9 Å². The summed E-state index contributed by atoms with van der Waals surface area (Å²) in [5.41, 5.74) is 0.337. The molecule has 2 aliphatic rings. The highest BCUT2D eigenvalue weighted by molar-refractivity contribution is 7.14. The Balaban J connectivity index is 1.31. The summed E-state index contributed by atoms with van der Waals surface area (Å²) in [7, 11) is 0. The molecule has 0 bridgehead atoms. The number of carbonyl (C=O) groups excluding carboxylic acids is 2. The number of carbonyl (C=O) groups is 2. The predicted molar refractivity (Wildman–Crippen MR) is 131 cm³/mol. The molecule has 2 amide bonds. The van der Waals surface area contributed by atoms with Crippen LogP contribution in [0.4, 0.5) is 16.9 Å². The van der Waals surface area contributed by atoms with Crippen LogP contribution in [-0.4, -0.2) is 90.2 Å². The Morgan fingerprint density at radius 1 is 1.29 bits per heavy atom. The van der Waals surface area contributed by atoms with E-state index >= 15 is 0 Å². The largest absolute Gasteiger partial charge is 0.379 e. The molecule has 0 saturated carbocycles. The van der Waals surface area contributed by atoms with Crippen LogP contribution in [0.25, 0.3) is 0 Å². The van der Waals surface area contributed by atoms with E-state index in [1.807, 2.05) is 4.90 Å². The van der Waals surface area contributed by atoms with Crippen LogP contribution in [0, 0.1) is 0 Å². The lowest BCUT2D eigenvalue weighted by molar-refractivity contribution is -0.117. The zero-order chi connectivity index (χ0) is 23.9. The average Bonchev–Trinajstić information content (AvgIpc) is 3.51. The van der Waals surface area contributed by atoms with Crippen LogP contribution in [0.1, 0.15) is 16.9 Å². The van der Waals surface area contributed by atoms with Crippen molar-refractivity contribution in [2.24, 2.45) is 0 Å². The number of hydrogen-bond acceptors (Lipinski definition) is 10. The minimum Gasteiger partial charge on any atom is -0.379 e. The Hall–Kier alpha value is -2.80. The lowest BCUT2D eigenvalue weighted by atomic mass is 10.2. The maximum atomic E-state index is 12.4. The first-order valence-electron chi connectivity index (χ1n) is 11.0. The fourth-order valence-electron chi connectivity index (χ4n) is 3.74. The predicted octanol–water partition coefficient (Wildman–Crippen LogP) is 1.27. The third kappa shape index (κ3) is 6.41. The fraction of sp³-hybridized carbons (Fsp3) is 0.476. The summed E-state index contributed by atoms with van der Waals surface area (Å²) in [5, 5.41) is 11.5. The van der Waals surface area contributed by atoms with Gasteiger partial charge in [0.2, 0.25) is 11.9 Å². The van der Waals surface area contributed by atoms with Gasteiger partial charge in [0.15, 0.2) is 10.9 Å². The van der Waals surface area contributed by atoms with Gasteiger partial charge < -0.3 is 20.3 Å². The van der Waals surface area contributed by atoms with E-state index < -0.39 is 0 Å². The zero-order valence-electron chi connectivity index (χ0n) is 18.6. The Labute approximate surface area is 206 Å². The van der Waals surface area contributed by atoms with Gasteiger partial charge in [-0.3, -0.25) is 19.8 Å². The van der Waals surface area contributed by atoms with Gasteiger partial charge in [-0.15, -0.1) is 11.3 Å². The summed E-state index contributed by atoms with van der Waals surface area (Å²) in [6.45, 7) is 9.31. The number of rotatable bonds is 9. The first-order chi connectivity index (χ1) is 16.5. The molecule has 0 aliphatic carbocycles. The van der Waals surface area contributed by atoms with Crippen LogP contribution in [0.3, 0.4) is 0 Å². The summed E-state index contributed by atoms with van der Waals surface area (Å²) in [6, 6.07) is -0.00350. The van der Waals surface area contributed by atoms with E-state index in [4.69, 9.17) is 16.3 Å². The standard InChI is InChI=1S/C21H27ClN8O3S/c1-2-17(31)25-14-3-5-30(12-14)18-15(22)11-24-20(27-18)28-21-26-16(13-34-21)19(32)23-4-6-29-7-9-33-10-8-29/h2,11,13-14H,1,3-10,12H2,(H,23,32)(H,25,31)(H,24,26,27,28)/t14-/m1/s1. The van der Waals surface area contributed by atoms with E-state index in [9.17, 15) is 9.59 Å². The van der Waals surface area contributed by atoms with E-state index in [0.29, 0.717) is 47.2 Å². The molecule has 2 aromatic heterocycles. The van der Waals surface area contributed by atoms with Crippen molar-refractivity contribution in [3.05, 3.63) is 34.9 Å². The minimum atomic E-state index is -0.222. The molecular weight excluding hydrogens is 480 g/mol. The molecule has 0 aromatic carbocycles. The van der Waals surface area contributed by atoms with E-state index in [1.54, 1.807) is 5.38 Å². The number of anilines is 3. The van der Waals surface area contributed by atoms with E-state index in [0.717, 1.165) is 39.3 Å². The Morgan fingerprint density at radius 3 is 2.91 bits per heavy atom. The van der Waals surface area contributed by atoms with Crippen molar-refractivity contribution in [2.45, 2.75) is 12.5 Å². The Bertz CT molecular complexity index is 1030. The van der Waals surface area contributed by atoms with E-state index in [-0.39, 0.29) is 17.9 Å². The highest BCUT2D eigenvalue weighted by Crippen LogP contribution is 2.28. The van der Waals surface area contributed by atoms with Gasteiger partial charge in [-0.2, -0.15) is 4.98 Å². The number of aromatic nitrogens is 3. The van der Waals surface area contributed by atoms with Gasteiger partial charge in [0.1, 0.15) is 10.7 Å². The number of ether oxygens (including phenoxy) is 1.